The molecule has 1 aliphatic carbocycles. The van der Waals surface area contributed by atoms with Crippen molar-refractivity contribution in [1.29, 1.82) is 0 Å². The van der Waals surface area contributed by atoms with E-state index in [0.29, 0.717) is 12.0 Å². The van der Waals surface area contributed by atoms with E-state index in [2.05, 4.69) is 33.8 Å². The molecule has 17 heavy (non-hydrogen) atoms. The van der Waals surface area contributed by atoms with Crippen LogP contribution in [0, 0.1) is 0 Å². The molecular formula is C12H20N4S. The predicted octanol–water partition coefficient (Wildman–Crippen LogP) is 2.56. The van der Waals surface area contributed by atoms with Gasteiger partial charge in [-0.1, -0.05) is 0 Å². The lowest BCUT2D eigenvalue weighted by atomic mass is 10.3. The summed E-state index contributed by atoms with van der Waals surface area (Å²) in [4.78, 5) is 9.09. The molecule has 1 aliphatic rings. The molecule has 0 saturated heterocycles. The third-order valence-electron chi connectivity index (χ3n) is 2.75. The van der Waals surface area contributed by atoms with Gasteiger partial charge in [-0.25, -0.2) is 9.97 Å². The van der Waals surface area contributed by atoms with E-state index < -0.39 is 0 Å². The zero-order chi connectivity index (χ0) is 12.3. The van der Waals surface area contributed by atoms with Gasteiger partial charge in [0.25, 0.3) is 0 Å². The highest BCUT2D eigenvalue weighted by atomic mass is 32.2. The van der Waals surface area contributed by atoms with Crippen LogP contribution in [0.25, 0.3) is 0 Å². The van der Waals surface area contributed by atoms with Crippen LogP contribution in [0.2, 0.25) is 0 Å². The first-order valence-corrected chi connectivity index (χ1v) is 7.44. The Hall–Kier alpha value is -0.970. The van der Waals surface area contributed by atoms with Crippen molar-refractivity contribution in [3.05, 3.63) is 11.9 Å². The van der Waals surface area contributed by atoms with E-state index in [9.17, 15) is 0 Å². The molecule has 5 heteroatoms. The molecule has 0 aliphatic heterocycles. The summed E-state index contributed by atoms with van der Waals surface area (Å²) in [7, 11) is 1.90. The molecule has 2 N–H and O–H groups in total. The molecule has 4 nitrogen and oxygen atoms in total. The van der Waals surface area contributed by atoms with Crippen LogP contribution in [0.1, 0.15) is 31.5 Å². The standard InChI is InChI=1S/C12H20N4S/c1-8(7-17-3)14-11-6-10(13-2)15-12(16-11)9-4-5-9/h6,8-9H,4-5,7H2,1-3H3,(H2,13,14,15,16). The molecule has 1 fully saturated rings. The summed E-state index contributed by atoms with van der Waals surface area (Å²) < 4.78 is 0. The first-order chi connectivity index (χ1) is 8.22. The molecule has 0 amide bonds. The fourth-order valence-corrected chi connectivity index (χ4v) is 2.32. The Morgan fingerprint density at radius 2 is 2.12 bits per heavy atom. The van der Waals surface area contributed by atoms with Crippen molar-refractivity contribution in [3.8, 4) is 0 Å². The lowest BCUT2D eigenvalue weighted by Gasteiger charge is -2.14. The van der Waals surface area contributed by atoms with Gasteiger partial charge in [0.2, 0.25) is 0 Å². The van der Waals surface area contributed by atoms with Crippen molar-refractivity contribution in [2.24, 2.45) is 0 Å². The Balaban J connectivity index is 2.11. The molecule has 1 heterocycles. The second-order valence-electron chi connectivity index (χ2n) is 4.52. The summed E-state index contributed by atoms with van der Waals surface area (Å²) in [5, 5.41) is 6.53. The molecule has 1 aromatic rings. The maximum Gasteiger partial charge on any atom is 0.136 e. The molecule has 1 unspecified atom stereocenters. The van der Waals surface area contributed by atoms with Gasteiger partial charge < -0.3 is 10.6 Å². The van der Waals surface area contributed by atoms with Gasteiger partial charge in [0, 0.05) is 30.8 Å². The molecular weight excluding hydrogens is 232 g/mol. The van der Waals surface area contributed by atoms with Crippen LogP contribution in [-0.2, 0) is 0 Å². The van der Waals surface area contributed by atoms with Gasteiger partial charge in [0.1, 0.15) is 17.5 Å². The Labute approximate surface area is 107 Å². The van der Waals surface area contributed by atoms with Crippen LogP contribution >= 0.6 is 11.8 Å². The van der Waals surface area contributed by atoms with Gasteiger partial charge in [-0.3, -0.25) is 0 Å². The highest BCUT2D eigenvalue weighted by Gasteiger charge is 2.27. The number of rotatable bonds is 6. The third-order valence-corrected chi connectivity index (χ3v) is 3.59. The summed E-state index contributed by atoms with van der Waals surface area (Å²) in [5.41, 5.74) is 0. The number of aromatic nitrogens is 2. The van der Waals surface area contributed by atoms with E-state index in [4.69, 9.17) is 0 Å². The molecule has 0 bridgehead atoms. The number of anilines is 2. The number of nitrogens with zero attached hydrogens (tertiary/aromatic N) is 2. The first-order valence-electron chi connectivity index (χ1n) is 6.05. The molecule has 94 valence electrons. The summed E-state index contributed by atoms with van der Waals surface area (Å²) >= 11 is 1.84. The van der Waals surface area contributed by atoms with E-state index in [1.54, 1.807) is 0 Å². The average Bonchev–Trinajstić information content (AvgIpc) is 3.12. The fraction of sp³-hybridized carbons (Fsp3) is 0.667. The van der Waals surface area contributed by atoms with Gasteiger partial charge >= 0.3 is 0 Å². The van der Waals surface area contributed by atoms with Crippen molar-refractivity contribution in [2.75, 3.05) is 29.7 Å². The Morgan fingerprint density at radius 3 is 2.71 bits per heavy atom. The number of thioether (sulfide) groups is 1. The van der Waals surface area contributed by atoms with Crippen molar-refractivity contribution in [2.45, 2.75) is 31.7 Å². The minimum Gasteiger partial charge on any atom is -0.373 e. The van der Waals surface area contributed by atoms with E-state index in [1.807, 2.05) is 24.9 Å². The quantitative estimate of drug-likeness (QED) is 0.815. The smallest absolute Gasteiger partial charge is 0.136 e. The van der Waals surface area contributed by atoms with E-state index in [0.717, 1.165) is 23.2 Å². The number of hydrogen-bond acceptors (Lipinski definition) is 5. The normalized spacial score (nSPS) is 16.6. The van der Waals surface area contributed by atoms with Crippen LogP contribution in [-0.4, -0.2) is 35.1 Å². The van der Waals surface area contributed by atoms with Crippen LogP contribution in [0.3, 0.4) is 0 Å². The molecule has 1 saturated carbocycles. The summed E-state index contributed by atoms with van der Waals surface area (Å²) in [6.45, 7) is 2.18. The van der Waals surface area contributed by atoms with E-state index >= 15 is 0 Å². The van der Waals surface area contributed by atoms with Gasteiger partial charge in [-0.15, -0.1) is 0 Å². The Morgan fingerprint density at radius 1 is 1.41 bits per heavy atom. The van der Waals surface area contributed by atoms with Gasteiger partial charge in [-0.2, -0.15) is 11.8 Å². The van der Waals surface area contributed by atoms with Crippen molar-refractivity contribution in [3.63, 3.8) is 0 Å². The highest BCUT2D eigenvalue weighted by molar-refractivity contribution is 7.98. The second kappa shape index (κ2) is 5.58. The Bertz CT molecular complexity index is 379. The number of hydrogen-bond donors (Lipinski definition) is 2. The molecule has 0 aromatic carbocycles. The van der Waals surface area contributed by atoms with Crippen LogP contribution in [0.4, 0.5) is 11.6 Å². The minimum atomic E-state index is 0.427. The zero-order valence-electron chi connectivity index (χ0n) is 10.7. The lowest BCUT2D eigenvalue weighted by molar-refractivity contribution is 0.875. The van der Waals surface area contributed by atoms with Crippen molar-refractivity contribution < 1.29 is 0 Å². The third kappa shape index (κ3) is 3.49. The SMILES string of the molecule is CNc1cc(NC(C)CSC)nc(C2CC2)n1. The Kier molecular flexibility index (Phi) is 4.10. The van der Waals surface area contributed by atoms with Crippen LogP contribution < -0.4 is 10.6 Å². The van der Waals surface area contributed by atoms with Gasteiger partial charge in [-0.05, 0) is 26.0 Å². The van der Waals surface area contributed by atoms with Crippen LogP contribution in [0.5, 0.6) is 0 Å². The molecule has 1 aromatic heterocycles. The second-order valence-corrected chi connectivity index (χ2v) is 5.43. The molecule has 1 atom stereocenters. The zero-order valence-corrected chi connectivity index (χ0v) is 11.5. The van der Waals surface area contributed by atoms with E-state index in [-0.39, 0.29) is 0 Å². The average molecular weight is 252 g/mol. The fourth-order valence-electron chi connectivity index (χ4n) is 1.74. The highest BCUT2D eigenvalue weighted by Crippen LogP contribution is 2.38. The number of nitrogens with one attached hydrogen (secondary N) is 2. The molecule has 0 radical (unpaired) electrons. The lowest BCUT2D eigenvalue weighted by Crippen LogP contribution is -2.19. The van der Waals surface area contributed by atoms with Gasteiger partial charge in [0.15, 0.2) is 0 Å². The maximum atomic E-state index is 4.59. The van der Waals surface area contributed by atoms with Crippen LogP contribution in [0.15, 0.2) is 6.07 Å². The summed E-state index contributed by atoms with van der Waals surface area (Å²) in [5.74, 6) is 4.49. The maximum absolute atomic E-state index is 4.59. The topological polar surface area (TPSA) is 49.8 Å². The monoisotopic (exact) mass is 252 g/mol. The predicted molar refractivity (Wildman–Crippen MR) is 75.0 cm³/mol. The largest absolute Gasteiger partial charge is 0.373 e. The van der Waals surface area contributed by atoms with Gasteiger partial charge in [0.05, 0.1) is 0 Å². The molecule has 0 spiro atoms. The first kappa shape index (κ1) is 12.5. The molecule has 2 rings (SSSR count). The summed E-state index contributed by atoms with van der Waals surface area (Å²) in [6, 6.07) is 2.40. The minimum absolute atomic E-state index is 0.427. The van der Waals surface area contributed by atoms with Crippen molar-refractivity contribution in [1.82, 2.24) is 9.97 Å². The van der Waals surface area contributed by atoms with Crippen molar-refractivity contribution >= 4 is 23.4 Å². The summed E-state index contributed by atoms with van der Waals surface area (Å²) in [6.07, 6.45) is 4.58. The van der Waals surface area contributed by atoms with E-state index in [1.165, 1.54) is 12.8 Å².